The molecule has 0 amide bonds. The first-order valence-corrected chi connectivity index (χ1v) is 6.68. The SMILES string of the molecule is Cc1cccc(Cn2nnc(-c3cccc(Cl)c3)n2)c1. The van der Waals surface area contributed by atoms with Crippen LogP contribution in [0.5, 0.6) is 0 Å². The Kier molecular flexibility index (Phi) is 3.48. The predicted molar refractivity (Wildman–Crippen MR) is 78.5 cm³/mol. The van der Waals surface area contributed by atoms with Crippen LogP contribution in [0.3, 0.4) is 0 Å². The quantitative estimate of drug-likeness (QED) is 0.741. The van der Waals surface area contributed by atoms with Gasteiger partial charge in [-0.2, -0.15) is 4.80 Å². The molecular formula is C15H13ClN4. The number of aryl methyl sites for hydroxylation is 1. The van der Waals surface area contributed by atoms with Crippen LogP contribution in [0.2, 0.25) is 5.02 Å². The molecule has 0 aliphatic heterocycles. The molecular weight excluding hydrogens is 272 g/mol. The molecule has 0 N–H and O–H groups in total. The van der Waals surface area contributed by atoms with Crippen LogP contribution in [0.15, 0.2) is 48.5 Å². The average molecular weight is 285 g/mol. The first kappa shape index (κ1) is 12.8. The molecule has 20 heavy (non-hydrogen) atoms. The Morgan fingerprint density at radius 3 is 2.75 bits per heavy atom. The molecule has 5 heteroatoms. The lowest BCUT2D eigenvalue weighted by atomic mass is 10.1. The lowest BCUT2D eigenvalue weighted by Gasteiger charge is -2.00. The van der Waals surface area contributed by atoms with Crippen molar-refractivity contribution in [2.45, 2.75) is 13.5 Å². The molecule has 0 unspecified atom stereocenters. The zero-order valence-electron chi connectivity index (χ0n) is 11.0. The molecule has 0 fully saturated rings. The van der Waals surface area contributed by atoms with E-state index in [2.05, 4.69) is 40.5 Å². The highest BCUT2D eigenvalue weighted by Crippen LogP contribution is 2.18. The topological polar surface area (TPSA) is 43.6 Å². The van der Waals surface area contributed by atoms with Crippen LogP contribution in [-0.4, -0.2) is 20.2 Å². The molecule has 3 aromatic rings. The average Bonchev–Trinajstić information content (AvgIpc) is 2.87. The summed E-state index contributed by atoms with van der Waals surface area (Å²) < 4.78 is 0. The molecule has 0 aliphatic rings. The third-order valence-electron chi connectivity index (χ3n) is 2.94. The van der Waals surface area contributed by atoms with Gasteiger partial charge in [0, 0.05) is 10.6 Å². The summed E-state index contributed by atoms with van der Waals surface area (Å²) in [7, 11) is 0. The highest BCUT2D eigenvalue weighted by atomic mass is 35.5. The van der Waals surface area contributed by atoms with Crippen LogP contribution >= 0.6 is 11.6 Å². The summed E-state index contributed by atoms with van der Waals surface area (Å²) >= 11 is 5.97. The third-order valence-corrected chi connectivity index (χ3v) is 3.18. The summed E-state index contributed by atoms with van der Waals surface area (Å²) in [5, 5.41) is 13.2. The maximum Gasteiger partial charge on any atom is 0.204 e. The Bertz CT molecular complexity index is 736. The smallest absolute Gasteiger partial charge is 0.159 e. The van der Waals surface area contributed by atoms with Crippen molar-refractivity contribution in [2.24, 2.45) is 0 Å². The van der Waals surface area contributed by atoms with Crippen LogP contribution in [-0.2, 0) is 6.54 Å². The minimum atomic E-state index is 0.583. The summed E-state index contributed by atoms with van der Waals surface area (Å²) in [6, 6.07) is 15.7. The van der Waals surface area contributed by atoms with Crippen molar-refractivity contribution < 1.29 is 0 Å². The van der Waals surface area contributed by atoms with Gasteiger partial charge in [0.05, 0.1) is 6.54 Å². The van der Waals surface area contributed by atoms with Gasteiger partial charge in [0.15, 0.2) is 0 Å². The number of nitrogens with zero attached hydrogens (tertiary/aromatic N) is 4. The fraction of sp³-hybridized carbons (Fsp3) is 0.133. The molecule has 2 aromatic carbocycles. The molecule has 0 radical (unpaired) electrons. The largest absolute Gasteiger partial charge is 0.204 e. The van der Waals surface area contributed by atoms with Crippen molar-refractivity contribution in [1.29, 1.82) is 0 Å². The van der Waals surface area contributed by atoms with Gasteiger partial charge in [-0.3, -0.25) is 0 Å². The van der Waals surface area contributed by atoms with E-state index in [-0.39, 0.29) is 0 Å². The van der Waals surface area contributed by atoms with E-state index in [1.807, 2.05) is 30.3 Å². The molecule has 1 aromatic heterocycles. The Hall–Kier alpha value is -2.20. The van der Waals surface area contributed by atoms with Gasteiger partial charge in [-0.25, -0.2) is 0 Å². The molecule has 0 aliphatic carbocycles. The number of aromatic nitrogens is 4. The van der Waals surface area contributed by atoms with Crippen LogP contribution < -0.4 is 0 Å². The van der Waals surface area contributed by atoms with Crippen molar-refractivity contribution in [2.75, 3.05) is 0 Å². The summed E-state index contributed by atoms with van der Waals surface area (Å²) in [4.78, 5) is 1.59. The van der Waals surface area contributed by atoms with Gasteiger partial charge in [-0.15, -0.1) is 10.2 Å². The number of halogens is 1. The summed E-state index contributed by atoms with van der Waals surface area (Å²) in [6.45, 7) is 2.67. The standard InChI is InChI=1S/C15H13ClN4/c1-11-4-2-5-12(8-11)10-20-18-15(17-19-20)13-6-3-7-14(16)9-13/h2-9H,10H2,1H3. The fourth-order valence-electron chi connectivity index (χ4n) is 2.03. The lowest BCUT2D eigenvalue weighted by molar-refractivity contribution is 0.572. The minimum absolute atomic E-state index is 0.583. The van der Waals surface area contributed by atoms with Crippen molar-refractivity contribution in [3.63, 3.8) is 0 Å². The fourth-order valence-corrected chi connectivity index (χ4v) is 2.22. The molecule has 100 valence electrons. The maximum atomic E-state index is 5.97. The summed E-state index contributed by atoms with van der Waals surface area (Å²) in [5.41, 5.74) is 3.24. The molecule has 0 saturated carbocycles. The highest BCUT2D eigenvalue weighted by molar-refractivity contribution is 6.30. The van der Waals surface area contributed by atoms with Gasteiger partial charge in [0.25, 0.3) is 0 Å². The number of hydrogen-bond donors (Lipinski definition) is 0. The Morgan fingerprint density at radius 1 is 1.10 bits per heavy atom. The van der Waals surface area contributed by atoms with Gasteiger partial charge >= 0.3 is 0 Å². The van der Waals surface area contributed by atoms with E-state index in [1.54, 1.807) is 4.80 Å². The Morgan fingerprint density at radius 2 is 1.95 bits per heavy atom. The first-order valence-electron chi connectivity index (χ1n) is 6.30. The second kappa shape index (κ2) is 5.43. The second-order valence-electron chi connectivity index (χ2n) is 4.64. The monoisotopic (exact) mass is 284 g/mol. The molecule has 0 bridgehead atoms. The minimum Gasteiger partial charge on any atom is -0.159 e. The van der Waals surface area contributed by atoms with Gasteiger partial charge in [-0.1, -0.05) is 53.6 Å². The predicted octanol–water partition coefficient (Wildman–Crippen LogP) is 3.35. The van der Waals surface area contributed by atoms with Gasteiger partial charge < -0.3 is 0 Å². The van der Waals surface area contributed by atoms with Gasteiger partial charge in [0.2, 0.25) is 5.82 Å². The van der Waals surface area contributed by atoms with E-state index in [1.165, 1.54) is 5.56 Å². The lowest BCUT2D eigenvalue weighted by Crippen LogP contribution is -2.04. The van der Waals surface area contributed by atoms with Gasteiger partial charge in [-0.05, 0) is 29.8 Å². The molecule has 0 saturated heterocycles. The van der Waals surface area contributed by atoms with Crippen molar-refractivity contribution in [3.05, 3.63) is 64.7 Å². The Balaban J connectivity index is 1.84. The van der Waals surface area contributed by atoms with Crippen molar-refractivity contribution in [3.8, 4) is 11.4 Å². The summed E-state index contributed by atoms with van der Waals surface area (Å²) in [6.07, 6.45) is 0. The highest BCUT2D eigenvalue weighted by Gasteiger charge is 2.06. The normalized spacial score (nSPS) is 10.7. The number of rotatable bonds is 3. The van der Waals surface area contributed by atoms with E-state index in [0.717, 1.165) is 11.1 Å². The van der Waals surface area contributed by atoms with E-state index in [9.17, 15) is 0 Å². The molecule has 3 rings (SSSR count). The van der Waals surface area contributed by atoms with Crippen LogP contribution in [0.25, 0.3) is 11.4 Å². The van der Waals surface area contributed by atoms with E-state index in [4.69, 9.17) is 11.6 Å². The van der Waals surface area contributed by atoms with E-state index in [0.29, 0.717) is 17.4 Å². The van der Waals surface area contributed by atoms with Crippen LogP contribution in [0.1, 0.15) is 11.1 Å². The van der Waals surface area contributed by atoms with Crippen molar-refractivity contribution >= 4 is 11.6 Å². The zero-order chi connectivity index (χ0) is 13.9. The molecule has 1 heterocycles. The zero-order valence-corrected chi connectivity index (χ0v) is 11.7. The van der Waals surface area contributed by atoms with Crippen LogP contribution in [0.4, 0.5) is 0 Å². The Labute approximate surface area is 122 Å². The molecule has 0 atom stereocenters. The van der Waals surface area contributed by atoms with Crippen molar-refractivity contribution in [1.82, 2.24) is 20.2 Å². The molecule has 0 spiro atoms. The first-order chi connectivity index (χ1) is 9.70. The van der Waals surface area contributed by atoms with Crippen LogP contribution in [0, 0.1) is 6.92 Å². The third kappa shape index (κ3) is 2.86. The summed E-state index contributed by atoms with van der Waals surface area (Å²) in [5.74, 6) is 0.583. The van der Waals surface area contributed by atoms with E-state index < -0.39 is 0 Å². The second-order valence-corrected chi connectivity index (χ2v) is 5.08. The number of benzene rings is 2. The van der Waals surface area contributed by atoms with E-state index >= 15 is 0 Å². The van der Waals surface area contributed by atoms with Gasteiger partial charge in [0.1, 0.15) is 0 Å². The number of hydrogen-bond acceptors (Lipinski definition) is 3. The molecule has 4 nitrogen and oxygen atoms in total. The number of tetrazole rings is 1. The maximum absolute atomic E-state index is 5.97.